The standard InChI is InChI=1S/C20H22ClN3O/c21-19-9-5-4-6-15(19)10-23-11-16-13-24(14-17(16)12-23)20(25)22-18-7-2-1-3-8-18/h1-9,16-17H,10-14H2,(H,22,25). The highest BCUT2D eigenvalue weighted by molar-refractivity contribution is 6.31. The maximum atomic E-state index is 12.4. The molecule has 2 fully saturated rings. The second kappa shape index (κ2) is 7.06. The van der Waals surface area contributed by atoms with Crippen LogP contribution in [0.2, 0.25) is 5.02 Å². The second-order valence-electron chi connectivity index (χ2n) is 7.01. The molecule has 25 heavy (non-hydrogen) atoms. The maximum Gasteiger partial charge on any atom is 0.321 e. The molecule has 2 amide bonds. The third-order valence-corrected chi connectivity index (χ3v) is 5.59. The maximum absolute atomic E-state index is 12.4. The van der Waals surface area contributed by atoms with Crippen LogP contribution in [-0.4, -0.2) is 42.0 Å². The molecule has 2 aromatic rings. The van der Waals surface area contributed by atoms with Crippen molar-refractivity contribution in [3.8, 4) is 0 Å². The van der Waals surface area contributed by atoms with Crippen LogP contribution in [0.4, 0.5) is 10.5 Å². The number of carbonyl (C=O) groups is 1. The quantitative estimate of drug-likeness (QED) is 0.905. The van der Waals surface area contributed by atoms with Gasteiger partial charge in [0, 0.05) is 43.4 Å². The van der Waals surface area contributed by atoms with Gasteiger partial charge in [-0.1, -0.05) is 48.0 Å². The number of amides is 2. The molecule has 0 bridgehead atoms. The lowest BCUT2D eigenvalue weighted by atomic mass is 10.0. The first-order valence-corrected chi connectivity index (χ1v) is 9.13. The average molecular weight is 356 g/mol. The summed E-state index contributed by atoms with van der Waals surface area (Å²) in [5.41, 5.74) is 2.03. The molecule has 2 atom stereocenters. The van der Waals surface area contributed by atoms with Crippen molar-refractivity contribution in [3.63, 3.8) is 0 Å². The normalized spacial score (nSPS) is 22.8. The van der Waals surface area contributed by atoms with Crippen molar-refractivity contribution in [1.82, 2.24) is 9.80 Å². The Kier molecular flexibility index (Phi) is 4.64. The van der Waals surface area contributed by atoms with Gasteiger partial charge >= 0.3 is 6.03 Å². The lowest BCUT2D eigenvalue weighted by Crippen LogP contribution is -2.36. The molecule has 2 aliphatic rings. The van der Waals surface area contributed by atoms with Crippen molar-refractivity contribution in [3.05, 3.63) is 65.2 Å². The van der Waals surface area contributed by atoms with Gasteiger partial charge in [0.1, 0.15) is 0 Å². The summed E-state index contributed by atoms with van der Waals surface area (Å²) >= 11 is 6.28. The number of urea groups is 1. The predicted molar refractivity (Wildman–Crippen MR) is 101 cm³/mol. The number of benzene rings is 2. The van der Waals surface area contributed by atoms with Gasteiger partial charge in [-0.15, -0.1) is 0 Å². The van der Waals surface area contributed by atoms with Crippen LogP contribution in [0.15, 0.2) is 54.6 Å². The molecular formula is C20H22ClN3O. The minimum absolute atomic E-state index is 0.0123. The highest BCUT2D eigenvalue weighted by Gasteiger charge is 2.41. The van der Waals surface area contributed by atoms with E-state index in [4.69, 9.17) is 11.6 Å². The number of carbonyl (C=O) groups excluding carboxylic acids is 1. The van der Waals surface area contributed by atoms with E-state index in [-0.39, 0.29) is 6.03 Å². The number of hydrogen-bond acceptors (Lipinski definition) is 2. The minimum Gasteiger partial charge on any atom is -0.324 e. The molecule has 0 radical (unpaired) electrons. The zero-order valence-corrected chi connectivity index (χ0v) is 14.8. The molecule has 0 aromatic heterocycles. The Hall–Kier alpha value is -2.04. The fourth-order valence-electron chi connectivity index (χ4n) is 3.98. The third kappa shape index (κ3) is 3.65. The Labute approximate surface area is 153 Å². The number of likely N-dealkylation sites (tertiary alicyclic amines) is 2. The van der Waals surface area contributed by atoms with Crippen LogP contribution in [0.25, 0.3) is 0 Å². The van der Waals surface area contributed by atoms with Crippen molar-refractivity contribution in [2.24, 2.45) is 11.8 Å². The molecule has 0 saturated carbocycles. The number of nitrogens with zero attached hydrogens (tertiary/aromatic N) is 2. The van der Waals surface area contributed by atoms with Crippen LogP contribution in [0.3, 0.4) is 0 Å². The number of nitrogens with one attached hydrogen (secondary N) is 1. The second-order valence-corrected chi connectivity index (χ2v) is 7.41. The Morgan fingerprint density at radius 3 is 2.28 bits per heavy atom. The van der Waals surface area contributed by atoms with Crippen molar-refractivity contribution in [1.29, 1.82) is 0 Å². The summed E-state index contributed by atoms with van der Waals surface area (Å²) in [6.45, 7) is 4.63. The lowest BCUT2D eigenvalue weighted by Gasteiger charge is -2.22. The first kappa shape index (κ1) is 16.4. The van der Waals surface area contributed by atoms with Gasteiger partial charge < -0.3 is 10.2 Å². The Balaban J connectivity index is 1.32. The molecule has 2 heterocycles. The van der Waals surface area contributed by atoms with Gasteiger partial charge in [-0.2, -0.15) is 0 Å². The molecule has 2 unspecified atom stereocenters. The van der Waals surface area contributed by atoms with Crippen molar-refractivity contribution in [2.45, 2.75) is 6.54 Å². The molecule has 2 aliphatic heterocycles. The summed E-state index contributed by atoms with van der Waals surface area (Å²) < 4.78 is 0. The van der Waals surface area contributed by atoms with E-state index < -0.39 is 0 Å². The smallest absolute Gasteiger partial charge is 0.321 e. The molecule has 4 rings (SSSR count). The third-order valence-electron chi connectivity index (χ3n) is 5.23. The number of fused-ring (bicyclic) bond motifs is 1. The van der Waals surface area contributed by atoms with Crippen LogP contribution in [0.5, 0.6) is 0 Å². The topological polar surface area (TPSA) is 35.6 Å². The zero-order valence-electron chi connectivity index (χ0n) is 14.1. The van der Waals surface area contributed by atoms with E-state index in [0.717, 1.165) is 43.4 Å². The van der Waals surface area contributed by atoms with Gasteiger partial charge in [0.15, 0.2) is 0 Å². The number of para-hydroxylation sites is 1. The summed E-state index contributed by atoms with van der Waals surface area (Å²) in [6, 6.07) is 17.7. The molecule has 5 heteroatoms. The van der Waals surface area contributed by atoms with E-state index >= 15 is 0 Å². The largest absolute Gasteiger partial charge is 0.324 e. The van der Waals surface area contributed by atoms with Gasteiger partial charge in [0.05, 0.1) is 0 Å². The van der Waals surface area contributed by atoms with E-state index in [0.29, 0.717) is 11.8 Å². The average Bonchev–Trinajstić information content (AvgIpc) is 3.16. The summed E-state index contributed by atoms with van der Waals surface area (Å²) in [7, 11) is 0. The van der Waals surface area contributed by atoms with E-state index in [1.54, 1.807) is 0 Å². The first-order valence-electron chi connectivity index (χ1n) is 8.76. The number of hydrogen-bond donors (Lipinski definition) is 1. The van der Waals surface area contributed by atoms with Crippen LogP contribution in [0.1, 0.15) is 5.56 Å². The van der Waals surface area contributed by atoms with Crippen LogP contribution in [-0.2, 0) is 6.54 Å². The van der Waals surface area contributed by atoms with Gasteiger partial charge in [-0.25, -0.2) is 4.79 Å². The SMILES string of the molecule is O=C(Nc1ccccc1)N1CC2CN(Cc3ccccc3Cl)CC2C1. The van der Waals surface area contributed by atoms with Gasteiger partial charge in [0.25, 0.3) is 0 Å². The Morgan fingerprint density at radius 1 is 0.960 bits per heavy atom. The zero-order chi connectivity index (χ0) is 17.2. The predicted octanol–water partition coefficient (Wildman–Crippen LogP) is 3.94. The highest BCUT2D eigenvalue weighted by atomic mass is 35.5. The van der Waals surface area contributed by atoms with Crippen LogP contribution >= 0.6 is 11.6 Å². The summed E-state index contributed by atoms with van der Waals surface area (Å²) in [5, 5.41) is 3.82. The summed E-state index contributed by atoms with van der Waals surface area (Å²) in [5.74, 6) is 1.12. The van der Waals surface area contributed by atoms with Gasteiger partial charge in [-0.05, 0) is 35.6 Å². The monoisotopic (exact) mass is 355 g/mol. The van der Waals surface area contributed by atoms with Crippen LogP contribution in [0, 0.1) is 11.8 Å². The lowest BCUT2D eigenvalue weighted by molar-refractivity contribution is 0.212. The summed E-state index contributed by atoms with van der Waals surface area (Å²) in [6.07, 6.45) is 0. The van der Waals surface area contributed by atoms with Crippen LogP contribution < -0.4 is 5.32 Å². The Bertz CT molecular complexity index is 738. The molecular weight excluding hydrogens is 334 g/mol. The van der Waals surface area contributed by atoms with E-state index in [9.17, 15) is 4.79 Å². The summed E-state index contributed by atoms with van der Waals surface area (Å²) in [4.78, 5) is 16.9. The minimum atomic E-state index is 0.0123. The fourth-order valence-corrected chi connectivity index (χ4v) is 4.17. The Morgan fingerprint density at radius 2 is 1.60 bits per heavy atom. The van der Waals surface area contributed by atoms with E-state index in [1.807, 2.05) is 53.4 Å². The molecule has 130 valence electrons. The molecule has 0 spiro atoms. The van der Waals surface area contributed by atoms with E-state index in [1.165, 1.54) is 5.56 Å². The molecule has 0 aliphatic carbocycles. The fraction of sp³-hybridized carbons (Fsp3) is 0.350. The number of anilines is 1. The van der Waals surface area contributed by atoms with Crippen molar-refractivity contribution >= 4 is 23.3 Å². The molecule has 4 nitrogen and oxygen atoms in total. The van der Waals surface area contributed by atoms with Crippen molar-refractivity contribution in [2.75, 3.05) is 31.5 Å². The number of rotatable bonds is 3. The van der Waals surface area contributed by atoms with E-state index in [2.05, 4.69) is 16.3 Å². The highest BCUT2D eigenvalue weighted by Crippen LogP contribution is 2.32. The van der Waals surface area contributed by atoms with Gasteiger partial charge in [-0.3, -0.25) is 4.90 Å². The van der Waals surface area contributed by atoms with Crippen molar-refractivity contribution < 1.29 is 4.79 Å². The molecule has 2 saturated heterocycles. The number of halogens is 1. The molecule has 2 aromatic carbocycles. The molecule has 1 N–H and O–H groups in total. The first-order chi connectivity index (χ1) is 12.2. The van der Waals surface area contributed by atoms with Gasteiger partial charge in [0.2, 0.25) is 0 Å².